The summed E-state index contributed by atoms with van der Waals surface area (Å²) in [5.74, 6) is 1.20. The Hall–Kier alpha value is -2.74. The third-order valence-corrected chi connectivity index (χ3v) is 4.57. The van der Waals surface area contributed by atoms with E-state index in [0.717, 1.165) is 16.9 Å². The summed E-state index contributed by atoms with van der Waals surface area (Å²) in [5, 5.41) is 12.1. The van der Waals surface area contributed by atoms with Crippen molar-refractivity contribution in [3.8, 4) is 11.8 Å². The second-order valence-electron chi connectivity index (χ2n) is 7.61. The molecular weight excluding hydrogens is 314 g/mol. The van der Waals surface area contributed by atoms with Gasteiger partial charge in [-0.25, -0.2) is 0 Å². The number of anilines is 1. The van der Waals surface area contributed by atoms with Crippen LogP contribution < -0.4 is 10.1 Å². The number of carbonyl (C=O) groups is 1. The molecule has 1 aliphatic rings. The Bertz CT molecular complexity index is 851. The van der Waals surface area contributed by atoms with Gasteiger partial charge >= 0.3 is 0 Å². The van der Waals surface area contributed by atoms with Crippen molar-refractivity contribution < 1.29 is 9.53 Å². The maximum atomic E-state index is 12.7. The average molecular weight is 337 g/mol. The fraction of sp³-hybridized carbons (Fsp3) is 0.400. The number of rotatable bonds is 2. The van der Waals surface area contributed by atoms with Gasteiger partial charge in [0.25, 0.3) is 5.91 Å². The lowest BCUT2D eigenvalue weighted by molar-refractivity contribution is -0.122. The highest BCUT2D eigenvalue weighted by Crippen LogP contribution is 2.32. The highest BCUT2D eigenvalue weighted by atomic mass is 16.5. The van der Waals surface area contributed by atoms with Crippen molar-refractivity contribution in [2.45, 2.75) is 52.7 Å². The number of hydrogen-bond acceptors (Lipinski definition) is 3. The number of amides is 1. The summed E-state index contributed by atoms with van der Waals surface area (Å²) in [6.07, 6.45) is 1.76. The van der Waals surface area contributed by atoms with Gasteiger partial charge in [0, 0.05) is 18.2 Å². The van der Waals surface area contributed by atoms with Crippen LogP contribution in [0.3, 0.4) is 0 Å². The summed E-state index contributed by atoms with van der Waals surface area (Å²) >= 11 is 0. The van der Waals surface area contributed by atoms with Crippen molar-refractivity contribution in [2.24, 2.45) is 0 Å². The van der Waals surface area contributed by atoms with Gasteiger partial charge in [-0.05, 0) is 63.4 Å². The minimum atomic E-state index is -0.551. The van der Waals surface area contributed by atoms with Gasteiger partial charge in [-0.2, -0.15) is 5.26 Å². The molecule has 2 heterocycles. The molecule has 1 amide bonds. The zero-order valence-corrected chi connectivity index (χ0v) is 15.3. The molecule has 0 radical (unpaired) electrons. The Morgan fingerprint density at radius 3 is 2.60 bits per heavy atom. The lowest BCUT2D eigenvalue weighted by Crippen LogP contribution is -2.33. The molecule has 1 aromatic carbocycles. The highest BCUT2D eigenvalue weighted by molar-refractivity contribution is 5.94. The highest BCUT2D eigenvalue weighted by Gasteiger charge is 2.31. The molecule has 0 bridgehead atoms. The van der Waals surface area contributed by atoms with E-state index in [9.17, 15) is 4.79 Å². The Morgan fingerprint density at radius 2 is 1.96 bits per heavy atom. The molecule has 0 fully saturated rings. The molecule has 1 aromatic heterocycles. The van der Waals surface area contributed by atoms with Crippen LogP contribution in [0.4, 0.5) is 5.82 Å². The minimum Gasteiger partial charge on any atom is -0.480 e. The molecule has 130 valence electrons. The number of benzene rings is 1. The van der Waals surface area contributed by atoms with Gasteiger partial charge in [-0.15, -0.1) is 0 Å². The van der Waals surface area contributed by atoms with Gasteiger partial charge in [0.2, 0.25) is 0 Å². The van der Waals surface area contributed by atoms with Gasteiger partial charge in [0.05, 0.1) is 5.56 Å². The lowest BCUT2D eigenvalue weighted by Gasteiger charge is -2.24. The number of fused-ring (bicyclic) bond motifs is 1. The normalized spacial score (nSPS) is 16.1. The first-order valence-corrected chi connectivity index (χ1v) is 8.39. The van der Waals surface area contributed by atoms with Crippen molar-refractivity contribution in [3.05, 3.63) is 46.6 Å². The Kier molecular flexibility index (Phi) is 4.08. The Morgan fingerprint density at radius 1 is 1.28 bits per heavy atom. The second kappa shape index (κ2) is 5.96. The van der Waals surface area contributed by atoms with E-state index in [2.05, 4.69) is 24.4 Å². The van der Waals surface area contributed by atoms with Gasteiger partial charge in [-0.1, -0.05) is 6.07 Å². The molecule has 1 unspecified atom stereocenters. The zero-order valence-electron chi connectivity index (χ0n) is 15.3. The summed E-state index contributed by atoms with van der Waals surface area (Å²) in [7, 11) is 0. The average Bonchev–Trinajstić information content (AvgIpc) is 3.11. The van der Waals surface area contributed by atoms with Crippen molar-refractivity contribution in [3.63, 3.8) is 0 Å². The van der Waals surface area contributed by atoms with Gasteiger partial charge in [0.1, 0.15) is 17.6 Å². The number of nitrogens with zero attached hydrogens (tertiary/aromatic N) is 2. The first-order valence-electron chi connectivity index (χ1n) is 8.39. The van der Waals surface area contributed by atoms with E-state index in [1.165, 1.54) is 5.56 Å². The molecule has 1 aliphatic heterocycles. The van der Waals surface area contributed by atoms with Crippen LogP contribution in [0, 0.1) is 25.2 Å². The zero-order chi connectivity index (χ0) is 18.4. The van der Waals surface area contributed by atoms with Crippen LogP contribution in [-0.4, -0.2) is 16.6 Å². The van der Waals surface area contributed by atoms with Crippen LogP contribution in [0.25, 0.3) is 0 Å². The molecule has 0 saturated carbocycles. The molecule has 25 heavy (non-hydrogen) atoms. The molecular formula is C20H23N3O2. The van der Waals surface area contributed by atoms with Crippen molar-refractivity contribution in [2.75, 3.05) is 5.32 Å². The molecule has 2 aromatic rings. The predicted molar refractivity (Wildman–Crippen MR) is 96.8 cm³/mol. The van der Waals surface area contributed by atoms with Crippen LogP contribution in [0.5, 0.6) is 5.75 Å². The van der Waals surface area contributed by atoms with Gasteiger partial charge < -0.3 is 14.6 Å². The first-order chi connectivity index (χ1) is 11.7. The molecule has 0 spiro atoms. The number of carbonyl (C=O) groups excluding carboxylic acids is 1. The van der Waals surface area contributed by atoms with Gasteiger partial charge in [0.15, 0.2) is 6.10 Å². The van der Waals surface area contributed by atoms with Crippen molar-refractivity contribution in [1.29, 1.82) is 5.26 Å². The fourth-order valence-corrected chi connectivity index (χ4v) is 3.04. The summed E-state index contributed by atoms with van der Waals surface area (Å²) in [4.78, 5) is 12.7. The van der Waals surface area contributed by atoms with Crippen LogP contribution in [0.15, 0.2) is 24.4 Å². The predicted octanol–water partition coefficient (Wildman–Crippen LogP) is 3.67. The fourth-order valence-electron chi connectivity index (χ4n) is 3.04. The van der Waals surface area contributed by atoms with Crippen molar-refractivity contribution in [1.82, 2.24) is 4.57 Å². The molecule has 0 saturated heterocycles. The second-order valence-corrected chi connectivity index (χ2v) is 7.61. The van der Waals surface area contributed by atoms with E-state index < -0.39 is 6.10 Å². The summed E-state index contributed by atoms with van der Waals surface area (Å²) < 4.78 is 7.75. The SMILES string of the molecule is Cc1cc2c(cc1C)OC(C(=O)Nc1cc(C#N)cn1C(C)(C)C)C2. The molecule has 1 N–H and O–H groups in total. The van der Waals surface area contributed by atoms with E-state index in [4.69, 9.17) is 10.00 Å². The van der Waals surface area contributed by atoms with Crippen LogP contribution >= 0.6 is 0 Å². The van der Waals surface area contributed by atoms with E-state index >= 15 is 0 Å². The van der Waals surface area contributed by atoms with Crippen LogP contribution in [0.1, 0.15) is 43.0 Å². The smallest absolute Gasteiger partial charge is 0.266 e. The van der Waals surface area contributed by atoms with E-state index in [1.807, 2.05) is 38.3 Å². The first kappa shape index (κ1) is 17.1. The summed E-state index contributed by atoms with van der Waals surface area (Å²) in [6, 6.07) is 7.90. The largest absolute Gasteiger partial charge is 0.480 e. The third-order valence-electron chi connectivity index (χ3n) is 4.57. The number of hydrogen-bond donors (Lipinski definition) is 1. The van der Waals surface area contributed by atoms with Gasteiger partial charge in [-0.3, -0.25) is 4.79 Å². The quantitative estimate of drug-likeness (QED) is 0.909. The summed E-state index contributed by atoms with van der Waals surface area (Å²) in [5.41, 5.74) is 3.69. The van der Waals surface area contributed by atoms with E-state index in [0.29, 0.717) is 17.8 Å². The van der Waals surface area contributed by atoms with Crippen LogP contribution in [0.2, 0.25) is 0 Å². The minimum absolute atomic E-state index is 0.195. The molecule has 5 nitrogen and oxygen atoms in total. The molecule has 1 atom stereocenters. The Labute approximate surface area is 148 Å². The number of aryl methyl sites for hydroxylation is 2. The number of aromatic nitrogens is 1. The standard InChI is InChI=1S/C20H23N3O2/c1-12-6-15-9-17(25-16(15)7-13(12)2)19(24)22-18-8-14(10-21)11-23(18)20(3,4)5/h6-8,11,17H,9H2,1-5H3,(H,22,24). The topological polar surface area (TPSA) is 67.0 Å². The maximum Gasteiger partial charge on any atom is 0.266 e. The van der Waals surface area contributed by atoms with E-state index in [1.54, 1.807) is 12.3 Å². The number of nitrogens with one attached hydrogen (secondary N) is 1. The van der Waals surface area contributed by atoms with Crippen LogP contribution in [-0.2, 0) is 16.8 Å². The maximum absolute atomic E-state index is 12.7. The van der Waals surface area contributed by atoms with E-state index in [-0.39, 0.29) is 11.4 Å². The Balaban J connectivity index is 1.81. The molecule has 0 aliphatic carbocycles. The molecule has 5 heteroatoms. The van der Waals surface area contributed by atoms with Crippen molar-refractivity contribution >= 4 is 11.7 Å². The lowest BCUT2D eigenvalue weighted by atomic mass is 10.0. The monoisotopic (exact) mass is 337 g/mol. The molecule has 3 rings (SSSR count). The summed E-state index contributed by atoms with van der Waals surface area (Å²) in [6.45, 7) is 10.2. The third kappa shape index (κ3) is 3.25. The number of nitriles is 1. The number of ether oxygens (including phenoxy) is 1.